The van der Waals surface area contributed by atoms with Gasteiger partial charge in [-0.1, -0.05) is 43.7 Å². The summed E-state index contributed by atoms with van der Waals surface area (Å²) in [5.41, 5.74) is 3.58. The minimum absolute atomic E-state index is 0.204. The van der Waals surface area contributed by atoms with Gasteiger partial charge < -0.3 is 5.11 Å². The molecule has 4 nitrogen and oxygen atoms in total. The fraction of sp³-hybridized carbons (Fsp3) is 0.407. The van der Waals surface area contributed by atoms with Crippen molar-refractivity contribution in [2.45, 2.75) is 57.1 Å². The highest BCUT2D eigenvalue weighted by atomic mass is 19.1. The maximum atomic E-state index is 13.4. The molecule has 166 valence electrons. The first-order valence-electron chi connectivity index (χ1n) is 11.5. The molecule has 0 bridgehead atoms. The molecule has 0 aliphatic heterocycles. The summed E-state index contributed by atoms with van der Waals surface area (Å²) in [6.07, 6.45) is 6.56. The molecule has 2 aromatic carbocycles. The van der Waals surface area contributed by atoms with E-state index in [1.807, 2.05) is 29.1 Å². The van der Waals surface area contributed by atoms with Crippen LogP contribution in [0, 0.1) is 17.2 Å². The number of hydrogen-bond donors (Lipinski definition) is 1. The molecular weight excluding hydrogens is 401 g/mol. The monoisotopic (exact) mass is 431 g/mol. The summed E-state index contributed by atoms with van der Waals surface area (Å²) in [5.74, 6) is 0.124. The van der Waals surface area contributed by atoms with Gasteiger partial charge in [-0.25, -0.2) is 9.07 Å². The predicted molar refractivity (Wildman–Crippen MR) is 125 cm³/mol. The number of halogens is 1. The van der Waals surface area contributed by atoms with Crippen LogP contribution in [0.2, 0.25) is 0 Å². The zero-order valence-electron chi connectivity index (χ0n) is 18.5. The van der Waals surface area contributed by atoms with E-state index in [1.165, 1.54) is 23.4 Å². The van der Waals surface area contributed by atoms with Crippen molar-refractivity contribution in [3.05, 3.63) is 83.4 Å². The predicted octanol–water partition coefficient (Wildman–Crippen LogP) is 4.96. The molecule has 5 heteroatoms. The minimum atomic E-state index is -0.596. The van der Waals surface area contributed by atoms with Gasteiger partial charge in [-0.2, -0.15) is 5.10 Å². The van der Waals surface area contributed by atoms with Gasteiger partial charge >= 0.3 is 0 Å². The molecule has 1 N–H and O–H groups in total. The molecule has 1 heterocycles. The third-order valence-corrected chi connectivity index (χ3v) is 8.13. The Hall–Kier alpha value is -2.79. The Morgan fingerprint density at radius 3 is 2.69 bits per heavy atom. The average molecular weight is 432 g/mol. The molecule has 1 saturated carbocycles. The van der Waals surface area contributed by atoms with E-state index in [0.29, 0.717) is 12.3 Å². The van der Waals surface area contributed by atoms with E-state index in [2.05, 4.69) is 30.9 Å². The van der Waals surface area contributed by atoms with Crippen molar-refractivity contribution < 1.29 is 9.50 Å². The highest BCUT2D eigenvalue weighted by Gasteiger charge is 2.59. The largest absolute Gasteiger partial charge is 0.390 e. The number of aliphatic imine (C=N–C) groups is 1. The molecule has 4 atom stereocenters. The second kappa shape index (κ2) is 7.96. The number of aliphatic hydroxyl groups excluding tert-OH is 1. The molecule has 0 spiro atoms. The van der Waals surface area contributed by atoms with E-state index >= 15 is 0 Å². The lowest BCUT2D eigenvalue weighted by Crippen LogP contribution is -2.62. The van der Waals surface area contributed by atoms with Crippen molar-refractivity contribution in [3.63, 3.8) is 0 Å². The fourth-order valence-electron chi connectivity index (χ4n) is 6.33. The van der Waals surface area contributed by atoms with E-state index in [9.17, 15) is 9.50 Å². The second-order valence-electron chi connectivity index (χ2n) is 9.68. The van der Waals surface area contributed by atoms with Crippen molar-refractivity contribution >= 4 is 6.72 Å². The normalized spacial score (nSPS) is 27.9. The van der Waals surface area contributed by atoms with Crippen molar-refractivity contribution in [2.24, 2.45) is 16.3 Å². The molecule has 0 amide bonds. The van der Waals surface area contributed by atoms with Crippen LogP contribution in [0.4, 0.5) is 4.39 Å². The van der Waals surface area contributed by atoms with E-state index in [1.54, 1.807) is 12.1 Å². The fourth-order valence-corrected chi connectivity index (χ4v) is 6.33. The number of aliphatic hydroxyl groups is 1. The van der Waals surface area contributed by atoms with Gasteiger partial charge in [0.2, 0.25) is 0 Å². The Morgan fingerprint density at radius 1 is 1.22 bits per heavy atom. The SMILES string of the molecule is C=N[C@]1([C@@H](O)Cc2ccccc2)CCC[C@H]2Cc3c(cnn3-c3ccc(F)cc3)C[C@@]21C. The molecule has 0 unspecified atom stereocenters. The van der Waals surface area contributed by atoms with Crippen molar-refractivity contribution in [2.75, 3.05) is 0 Å². The summed E-state index contributed by atoms with van der Waals surface area (Å²) in [7, 11) is 0. The zero-order valence-corrected chi connectivity index (χ0v) is 18.5. The molecule has 0 radical (unpaired) electrons. The number of aromatic nitrogens is 2. The van der Waals surface area contributed by atoms with Gasteiger partial charge in [0.15, 0.2) is 0 Å². The molecule has 32 heavy (non-hydrogen) atoms. The summed E-state index contributed by atoms with van der Waals surface area (Å²) in [6.45, 7) is 6.30. The lowest BCUT2D eigenvalue weighted by Gasteiger charge is -2.57. The Kier molecular flexibility index (Phi) is 5.25. The molecule has 3 aromatic rings. The van der Waals surface area contributed by atoms with Crippen LogP contribution in [0.25, 0.3) is 5.69 Å². The minimum Gasteiger partial charge on any atom is -0.390 e. The summed E-state index contributed by atoms with van der Waals surface area (Å²) in [5, 5.41) is 16.2. The van der Waals surface area contributed by atoms with Crippen LogP contribution < -0.4 is 0 Å². The van der Waals surface area contributed by atoms with Gasteiger partial charge in [0, 0.05) is 17.5 Å². The molecule has 2 aliphatic rings. The Labute approximate surface area is 188 Å². The molecule has 5 rings (SSSR count). The number of benzene rings is 2. The Balaban J connectivity index is 1.51. The van der Waals surface area contributed by atoms with Crippen LogP contribution in [-0.2, 0) is 19.3 Å². The Morgan fingerprint density at radius 2 is 1.97 bits per heavy atom. The number of rotatable bonds is 5. The summed E-state index contributed by atoms with van der Waals surface area (Å²) >= 11 is 0. The lowest BCUT2D eigenvalue weighted by molar-refractivity contribution is -0.0679. The van der Waals surface area contributed by atoms with Crippen molar-refractivity contribution in [3.8, 4) is 5.69 Å². The van der Waals surface area contributed by atoms with Gasteiger partial charge in [0.1, 0.15) is 5.82 Å². The van der Waals surface area contributed by atoms with Crippen LogP contribution in [0.15, 0.2) is 65.8 Å². The summed E-state index contributed by atoms with van der Waals surface area (Å²) in [6, 6.07) is 16.6. The first kappa shape index (κ1) is 21.1. The zero-order chi connectivity index (χ0) is 22.3. The number of hydrogen-bond acceptors (Lipinski definition) is 3. The van der Waals surface area contributed by atoms with Crippen LogP contribution in [0.3, 0.4) is 0 Å². The van der Waals surface area contributed by atoms with E-state index in [4.69, 9.17) is 4.99 Å². The van der Waals surface area contributed by atoms with Crippen LogP contribution >= 0.6 is 0 Å². The number of nitrogens with zero attached hydrogens (tertiary/aromatic N) is 3. The third kappa shape index (κ3) is 3.22. The van der Waals surface area contributed by atoms with Gasteiger partial charge in [0.05, 0.1) is 23.5 Å². The van der Waals surface area contributed by atoms with Crippen LogP contribution in [0.1, 0.15) is 43.0 Å². The standard InChI is InChI=1S/C27H30FN3O/c1-26-17-20-18-30-31(23-12-10-22(28)11-13-23)24(20)16-21(26)9-6-14-27(26,29-2)25(32)15-19-7-4-3-5-8-19/h3-5,7-8,10-13,18,21,25,32H,2,6,9,14-17H2,1H3/t21-,25-,26-,27-/m0/s1. The second-order valence-corrected chi connectivity index (χ2v) is 9.68. The summed E-state index contributed by atoms with van der Waals surface area (Å²) < 4.78 is 15.4. The van der Waals surface area contributed by atoms with E-state index in [0.717, 1.165) is 43.4 Å². The number of fused-ring (bicyclic) bond motifs is 2. The molecule has 1 fully saturated rings. The van der Waals surface area contributed by atoms with E-state index < -0.39 is 11.6 Å². The van der Waals surface area contributed by atoms with E-state index in [-0.39, 0.29) is 11.2 Å². The highest BCUT2D eigenvalue weighted by Crippen LogP contribution is 2.57. The van der Waals surface area contributed by atoms with Gasteiger partial charge in [-0.05, 0) is 73.7 Å². The lowest BCUT2D eigenvalue weighted by atomic mass is 9.50. The van der Waals surface area contributed by atoms with Crippen LogP contribution in [-0.4, -0.2) is 33.2 Å². The highest BCUT2D eigenvalue weighted by molar-refractivity contribution is 5.39. The molecule has 1 aromatic heterocycles. The topological polar surface area (TPSA) is 50.4 Å². The summed E-state index contributed by atoms with van der Waals surface area (Å²) in [4.78, 5) is 4.71. The van der Waals surface area contributed by atoms with Gasteiger partial charge in [-0.15, -0.1) is 0 Å². The van der Waals surface area contributed by atoms with Gasteiger partial charge in [-0.3, -0.25) is 4.99 Å². The molecule has 2 aliphatic carbocycles. The Bertz CT molecular complexity index is 1110. The first-order chi connectivity index (χ1) is 15.5. The maximum absolute atomic E-state index is 13.4. The first-order valence-corrected chi connectivity index (χ1v) is 11.5. The van der Waals surface area contributed by atoms with Gasteiger partial charge in [0.25, 0.3) is 0 Å². The average Bonchev–Trinajstić information content (AvgIpc) is 3.20. The molecular formula is C27H30FN3O. The van der Waals surface area contributed by atoms with Crippen molar-refractivity contribution in [1.29, 1.82) is 0 Å². The quantitative estimate of drug-likeness (QED) is 0.581. The molecule has 0 saturated heterocycles. The third-order valence-electron chi connectivity index (χ3n) is 8.13. The van der Waals surface area contributed by atoms with Crippen LogP contribution in [0.5, 0.6) is 0 Å². The van der Waals surface area contributed by atoms with Crippen molar-refractivity contribution in [1.82, 2.24) is 9.78 Å². The smallest absolute Gasteiger partial charge is 0.123 e. The maximum Gasteiger partial charge on any atom is 0.123 e.